The summed E-state index contributed by atoms with van der Waals surface area (Å²) in [6.07, 6.45) is 4.35. The van der Waals surface area contributed by atoms with E-state index in [-0.39, 0.29) is 29.1 Å². The van der Waals surface area contributed by atoms with Crippen LogP contribution in [-0.4, -0.2) is 60.5 Å². The van der Waals surface area contributed by atoms with E-state index in [2.05, 4.69) is 10.00 Å². The molecule has 10 heteroatoms. The molecule has 2 saturated heterocycles. The van der Waals surface area contributed by atoms with Crippen molar-refractivity contribution in [2.75, 3.05) is 18.0 Å². The summed E-state index contributed by atoms with van der Waals surface area (Å²) in [6.45, 7) is 5.10. The van der Waals surface area contributed by atoms with Crippen LogP contribution in [0.1, 0.15) is 18.9 Å². The van der Waals surface area contributed by atoms with Gasteiger partial charge in [0.25, 0.3) is 0 Å². The zero-order valence-electron chi connectivity index (χ0n) is 21.2. The van der Waals surface area contributed by atoms with Crippen LogP contribution in [0.3, 0.4) is 0 Å². The van der Waals surface area contributed by atoms with Gasteiger partial charge in [-0.3, -0.25) is 9.48 Å². The van der Waals surface area contributed by atoms with Crippen LogP contribution in [0.25, 0.3) is 38.8 Å². The van der Waals surface area contributed by atoms with E-state index in [1.165, 1.54) is 4.68 Å². The molecule has 2 aromatic carbocycles. The number of aromatic nitrogens is 5. The summed E-state index contributed by atoms with van der Waals surface area (Å²) in [6, 6.07) is 11.1. The number of rotatable bonds is 3. The third-order valence-electron chi connectivity index (χ3n) is 7.87. The average Bonchev–Trinajstić information content (AvgIpc) is 3.67. The number of anilines is 1. The van der Waals surface area contributed by atoms with Crippen LogP contribution >= 0.6 is 0 Å². The van der Waals surface area contributed by atoms with E-state index < -0.39 is 11.6 Å². The summed E-state index contributed by atoms with van der Waals surface area (Å²) in [7, 11) is 1.68. The van der Waals surface area contributed by atoms with E-state index in [4.69, 9.17) is 10.1 Å². The van der Waals surface area contributed by atoms with Crippen LogP contribution in [0, 0.1) is 18.6 Å². The van der Waals surface area contributed by atoms with Crippen LogP contribution in [0.15, 0.2) is 48.8 Å². The maximum atomic E-state index is 15.3. The van der Waals surface area contributed by atoms with Gasteiger partial charge in [0, 0.05) is 55.7 Å². The summed E-state index contributed by atoms with van der Waals surface area (Å²) in [4.78, 5) is 20.8. The zero-order valence-corrected chi connectivity index (χ0v) is 21.2. The number of para-hydroxylation sites is 1. The molecule has 0 unspecified atom stereocenters. The lowest BCUT2D eigenvalue weighted by Gasteiger charge is -2.34. The van der Waals surface area contributed by atoms with Gasteiger partial charge in [0.2, 0.25) is 5.91 Å². The first kappa shape index (κ1) is 22.8. The number of piperazine rings is 1. The molecule has 0 saturated carbocycles. The van der Waals surface area contributed by atoms with Gasteiger partial charge in [-0.25, -0.2) is 18.4 Å². The predicted molar refractivity (Wildman–Crippen MR) is 140 cm³/mol. The largest absolute Gasteiger partial charge is 0.350 e. The number of benzene rings is 2. The number of amides is 1. The van der Waals surface area contributed by atoms with Crippen LogP contribution < -0.4 is 4.90 Å². The summed E-state index contributed by atoms with van der Waals surface area (Å²) >= 11 is 0. The fourth-order valence-corrected chi connectivity index (χ4v) is 6.18. The summed E-state index contributed by atoms with van der Waals surface area (Å²) in [5.41, 5.74) is 3.28. The minimum absolute atomic E-state index is 0.105. The molecule has 0 radical (unpaired) electrons. The van der Waals surface area contributed by atoms with E-state index >= 15 is 4.39 Å². The summed E-state index contributed by atoms with van der Waals surface area (Å²) < 4.78 is 33.1. The number of hydrogen-bond acceptors (Lipinski definition) is 5. The molecule has 5 heterocycles. The smallest absolute Gasteiger partial charge is 0.219 e. The number of fused-ring (bicyclic) bond motifs is 4. The van der Waals surface area contributed by atoms with Crippen molar-refractivity contribution < 1.29 is 13.6 Å². The molecule has 8 nitrogen and oxygen atoms in total. The van der Waals surface area contributed by atoms with Gasteiger partial charge in [0.15, 0.2) is 5.82 Å². The first-order valence-corrected chi connectivity index (χ1v) is 12.6. The molecule has 2 atom stereocenters. The van der Waals surface area contributed by atoms with Crippen molar-refractivity contribution in [3.63, 3.8) is 0 Å². The quantitative estimate of drug-likeness (QED) is 0.358. The molecule has 0 N–H and O–H groups in total. The van der Waals surface area contributed by atoms with Gasteiger partial charge >= 0.3 is 0 Å². The number of carbonyl (C=O) groups excluding carboxylic acids is 1. The summed E-state index contributed by atoms with van der Waals surface area (Å²) in [5.74, 6) is -0.408. The van der Waals surface area contributed by atoms with Crippen molar-refractivity contribution >= 4 is 33.5 Å². The van der Waals surface area contributed by atoms with Gasteiger partial charge in [0.1, 0.15) is 22.8 Å². The molecular formula is C28H25F2N7O. The highest BCUT2D eigenvalue weighted by Gasteiger charge is 2.44. The number of aryl methyl sites for hydroxylation is 2. The second kappa shape index (κ2) is 8.08. The van der Waals surface area contributed by atoms with E-state index in [9.17, 15) is 9.18 Å². The Morgan fingerprint density at radius 3 is 2.58 bits per heavy atom. The van der Waals surface area contributed by atoms with Crippen LogP contribution in [0.4, 0.5) is 14.6 Å². The van der Waals surface area contributed by atoms with Crippen molar-refractivity contribution in [1.29, 1.82) is 0 Å². The van der Waals surface area contributed by atoms with Crippen LogP contribution in [0.2, 0.25) is 0 Å². The minimum atomic E-state index is -0.705. The molecule has 3 aromatic heterocycles. The number of pyridine rings is 1. The van der Waals surface area contributed by atoms with Gasteiger partial charge < -0.3 is 9.80 Å². The lowest BCUT2D eigenvalue weighted by atomic mass is 10.0. The highest BCUT2D eigenvalue weighted by Crippen LogP contribution is 2.38. The monoisotopic (exact) mass is 513 g/mol. The Labute approximate surface area is 217 Å². The number of hydrogen-bond donors (Lipinski definition) is 0. The third-order valence-corrected chi connectivity index (χ3v) is 7.87. The molecule has 0 spiro atoms. The molecule has 1 amide bonds. The molecule has 0 aliphatic carbocycles. The number of halogens is 2. The van der Waals surface area contributed by atoms with Gasteiger partial charge in [-0.05, 0) is 31.0 Å². The second-order valence-electron chi connectivity index (χ2n) is 10.3. The SMILES string of the molecule is CC(=O)N1C[C@H]2C[C@@H]1CN2c1ccc(-n2nc(-c3c(F)cc(F)c4nn(C)cc34)c3cccc(C)c32)cn1. The Hall–Kier alpha value is -4.34. The Morgan fingerprint density at radius 1 is 1.03 bits per heavy atom. The highest BCUT2D eigenvalue weighted by atomic mass is 19.1. The van der Waals surface area contributed by atoms with E-state index in [1.54, 1.807) is 31.0 Å². The van der Waals surface area contributed by atoms with E-state index in [0.29, 0.717) is 11.1 Å². The lowest BCUT2D eigenvalue weighted by molar-refractivity contribution is -0.129. The first-order valence-electron chi connectivity index (χ1n) is 12.6. The fraction of sp³-hybridized carbons (Fsp3) is 0.286. The van der Waals surface area contributed by atoms with Crippen molar-refractivity contribution in [2.24, 2.45) is 7.05 Å². The predicted octanol–water partition coefficient (Wildman–Crippen LogP) is 4.37. The highest BCUT2D eigenvalue weighted by molar-refractivity contribution is 6.04. The molecule has 2 bridgehead atoms. The van der Waals surface area contributed by atoms with Crippen LogP contribution in [-0.2, 0) is 11.8 Å². The average molecular weight is 514 g/mol. The molecular weight excluding hydrogens is 488 g/mol. The lowest BCUT2D eigenvalue weighted by Crippen LogP contribution is -2.48. The van der Waals surface area contributed by atoms with Crippen molar-refractivity contribution in [3.8, 4) is 16.9 Å². The maximum absolute atomic E-state index is 15.3. The molecule has 2 aliphatic rings. The molecule has 192 valence electrons. The van der Waals surface area contributed by atoms with E-state index in [1.807, 2.05) is 42.2 Å². The van der Waals surface area contributed by atoms with Crippen molar-refractivity contribution in [2.45, 2.75) is 32.4 Å². The Kier molecular flexibility index (Phi) is 4.85. The van der Waals surface area contributed by atoms with E-state index in [0.717, 1.165) is 53.5 Å². The van der Waals surface area contributed by atoms with Crippen molar-refractivity contribution in [1.82, 2.24) is 29.4 Å². The standard InChI is InChI=1S/C28H25F2N7O/c1-15-5-4-6-20-27(25-21-14-34(3)32-26(21)23(30)10-22(25)29)33-37(28(15)20)17-7-8-24(31-11-17)36-13-18-9-19(36)12-35(18)16(2)38/h4-8,10-11,14,18-19H,9,12-13H2,1-3H3/t18-,19-/m1/s1. The molecule has 2 fully saturated rings. The molecule has 2 aliphatic heterocycles. The second-order valence-corrected chi connectivity index (χ2v) is 10.3. The first-order chi connectivity index (χ1) is 18.3. The Balaban J connectivity index is 1.32. The molecule has 38 heavy (non-hydrogen) atoms. The number of nitrogens with zero attached hydrogens (tertiary/aromatic N) is 7. The van der Waals surface area contributed by atoms with Gasteiger partial charge in [-0.1, -0.05) is 18.2 Å². The Morgan fingerprint density at radius 2 is 1.87 bits per heavy atom. The van der Waals surface area contributed by atoms with Gasteiger partial charge in [0.05, 0.1) is 29.5 Å². The number of carbonyl (C=O) groups is 1. The molecule has 5 aromatic rings. The van der Waals surface area contributed by atoms with Crippen LogP contribution in [0.5, 0.6) is 0 Å². The molecule has 7 rings (SSSR count). The normalized spacial score (nSPS) is 18.9. The third kappa shape index (κ3) is 3.25. The topological polar surface area (TPSA) is 72.1 Å². The Bertz CT molecular complexity index is 1760. The number of likely N-dealkylation sites (tertiary alicyclic amines) is 1. The van der Waals surface area contributed by atoms with Gasteiger partial charge in [-0.15, -0.1) is 0 Å². The maximum Gasteiger partial charge on any atom is 0.219 e. The minimum Gasteiger partial charge on any atom is -0.350 e. The zero-order chi connectivity index (χ0) is 26.3. The fourth-order valence-electron chi connectivity index (χ4n) is 6.18. The summed E-state index contributed by atoms with van der Waals surface area (Å²) in [5, 5.41) is 10.2. The van der Waals surface area contributed by atoms with Crippen molar-refractivity contribution in [3.05, 3.63) is 66.0 Å². The van der Waals surface area contributed by atoms with Gasteiger partial charge in [-0.2, -0.15) is 10.2 Å².